The van der Waals surface area contributed by atoms with Gasteiger partial charge in [0.1, 0.15) is 6.04 Å². The summed E-state index contributed by atoms with van der Waals surface area (Å²) in [4.78, 5) is 22.7. The molecule has 1 aromatic carbocycles. The SMILES string of the molecule is O=C1NC(=O)C(CC2CCCc3ccccc32)N1. The third-order valence-electron chi connectivity index (χ3n) is 3.87. The highest BCUT2D eigenvalue weighted by Gasteiger charge is 2.33. The number of imide groups is 1. The molecule has 0 spiro atoms. The second kappa shape index (κ2) is 4.44. The van der Waals surface area contributed by atoms with Crippen LogP contribution in [0.3, 0.4) is 0 Å². The van der Waals surface area contributed by atoms with Gasteiger partial charge in [-0.25, -0.2) is 4.79 Å². The molecule has 0 bridgehead atoms. The van der Waals surface area contributed by atoms with Crippen molar-refractivity contribution in [2.24, 2.45) is 0 Å². The Morgan fingerprint density at radius 1 is 1.22 bits per heavy atom. The number of fused-ring (bicyclic) bond motifs is 1. The van der Waals surface area contributed by atoms with E-state index in [1.54, 1.807) is 0 Å². The molecule has 1 aromatic rings. The van der Waals surface area contributed by atoms with E-state index in [4.69, 9.17) is 0 Å². The predicted octanol–water partition coefficient (Wildman–Crippen LogP) is 1.70. The van der Waals surface area contributed by atoms with Crippen LogP contribution in [0.5, 0.6) is 0 Å². The molecule has 1 fully saturated rings. The Bertz CT molecular complexity index is 498. The summed E-state index contributed by atoms with van der Waals surface area (Å²) >= 11 is 0. The molecule has 1 saturated heterocycles. The Kier molecular flexibility index (Phi) is 2.78. The van der Waals surface area contributed by atoms with Gasteiger partial charge in [-0.15, -0.1) is 0 Å². The Hall–Kier alpha value is -1.84. The van der Waals surface area contributed by atoms with Crippen molar-refractivity contribution in [3.8, 4) is 0 Å². The molecule has 1 heterocycles. The number of benzene rings is 1. The largest absolute Gasteiger partial charge is 0.326 e. The van der Waals surface area contributed by atoms with Gasteiger partial charge in [0.05, 0.1) is 0 Å². The van der Waals surface area contributed by atoms with Crippen molar-refractivity contribution in [2.75, 3.05) is 0 Å². The van der Waals surface area contributed by atoms with Crippen LogP contribution in [-0.4, -0.2) is 18.0 Å². The van der Waals surface area contributed by atoms with Gasteiger partial charge in [0, 0.05) is 0 Å². The first-order chi connectivity index (χ1) is 8.74. The van der Waals surface area contributed by atoms with E-state index < -0.39 is 0 Å². The first kappa shape index (κ1) is 11.3. The summed E-state index contributed by atoms with van der Waals surface area (Å²) in [5.41, 5.74) is 2.73. The molecule has 1 aliphatic heterocycles. The minimum Gasteiger partial charge on any atom is -0.326 e. The van der Waals surface area contributed by atoms with Gasteiger partial charge in [-0.1, -0.05) is 24.3 Å². The van der Waals surface area contributed by atoms with Gasteiger partial charge in [0.2, 0.25) is 0 Å². The summed E-state index contributed by atoms with van der Waals surface area (Å²) in [6.45, 7) is 0. The topological polar surface area (TPSA) is 58.2 Å². The highest BCUT2D eigenvalue weighted by molar-refractivity contribution is 6.04. The molecular weight excluding hydrogens is 228 g/mol. The lowest BCUT2D eigenvalue weighted by molar-refractivity contribution is -0.120. The van der Waals surface area contributed by atoms with Gasteiger partial charge >= 0.3 is 6.03 Å². The second-order valence-corrected chi connectivity index (χ2v) is 5.04. The molecule has 2 N–H and O–H groups in total. The summed E-state index contributed by atoms with van der Waals surface area (Å²) in [6, 6.07) is 7.68. The molecular formula is C14H16N2O2. The van der Waals surface area contributed by atoms with Crippen LogP contribution in [0.25, 0.3) is 0 Å². The zero-order valence-corrected chi connectivity index (χ0v) is 10.1. The van der Waals surface area contributed by atoms with Crippen LogP contribution in [0.2, 0.25) is 0 Å². The molecule has 3 amide bonds. The van der Waals surface area contributed by atoms with Gasteiger partial charge in [-0.2, -0.15) is 0 Å². The molecule has 3 rings (SSSR count). The van der Waals surface area contributed by atoms with E-state index in [2.05, 4.69) is 28.8 Å². The molecule has 0 aromatic heterocycles. The molecule has 4 heteroatoms. The Morgan fingerprint density at radius 2 is 2.06 bits per heavy atom. The fraction of sp³-hybridized carbons (Fsp3) is 0.429. The Labute approximate surface area is 106 Å². The van der Waals surface area contributed by atoms with Crippen molar-refractivity contribution in [3.63, 3.8) is 0 Å². The summed E-state index contributed by atoms with van der Waals surface area (Å²) in [5, 5.41) is 4.97. The molecule has 94 valence electrons. The number of carbonyl (C=O) groups excluding carboxylic acids is 2. The maximum absolute atomic E-state index is 11.6. The minimum atomic E-state index is -0.367. The lowest BCUT2D eigenvalue weighted by Gasteiger charge is -2.26. The van der Waals surface area contributed by atoms with Crippen molar-refractivity contribution in [1.29, 1.82) is 0 Å². The molecule has 1 aliphatic carbocycles. The predicted molar refractivity (Wildman–Crippen MR) is 67.2 cm³/mol. The van der Waals surface area contributed by atoms with Gasteiger partial charge in [-0.05, 0) is 42.7 Å². The molecule has 2 unspecified atom stereocenters. The smallest absolute Gasteiger partial charge is 0.322 e. The first-order valence-corrected chi connectivity index (χ1v) is 6.43. The van der Waals surface area contributed by atoms with Crippen LogP contribution in [0, 0.1) is 0 Å². The van der Waals surface area contributed by atoms with Crippen LogP contribution in [0.1, 0.15) is 36.3 Å². The minimum absolute atomic E-state index is 0.192. The summed E-state index contributed by atoms with van der Waals surface area (Å²) < 4.78 is 0. The number of urea groups is 1. The van der Waals surface area contributed by atoms with E-state index in [0.717, 1.165) is 19.3 Å². The van der Waals surface area contributed by atoms with E-state index in [0.29, 0.717) is 12.3 Å². The van der Waals surface area contributed by atoms with Gasteiger partial charge in [0.15, 0.2) is 0 Å². The number of hydrogen-bond acceptors (Lipinski definition) is 2. The van der Waals surface area contributed by atoms with Gasteiger partial charge < -0.3 is 5.32 Å². The van der Waals surface area contributed by atoms with Crippen LogP contribution < -0.4 is 10.6 Å². The molecule has 2 aliphatic rings. The van der Waals surface area contributed by atoms with Crippen LogP contribution >= 0.6 is 0 Å². The number of carbonyl (C=O) groups is 2. The Balaban J connectivity index is 1.78. The van der Waals surface area contributed by atoms with Crippen LogP contribution in [-0.2, 0) is 11.2 Å². The van der Waals surface area contributed by atoms with Crippen LogP contribution in [0.4, 0.5) is 4.79 Å². The normalized spacial score (nSPS) is 26.4. The molecule has 4 nitrogen and oxygen atoms in total. The van der Waals surface area contributed by atoms with E-state index in [1.165, 1.54) is 11.1 Å². The summed E-state index contributed by atoms with van der Waals surface area (Å²) in [7, 11) is 0. The Morgan fingerprint density at radius 3 is 2.83 bits per heavy atom. The van der Waals surface area contributed by atoms with Gasteiger partial charge in [-0.3, -0.25) is 10.1 Å². The number of aryl methyl sites for hydroxylation is 1. The van der Waals surface area contributed by atoms with Crippen LogP contribution in [0.15, 0.2) is 24.3 Å². The lowest BCUT2D eigenvalue weighted by atomic mass is 9.79. The first-order valence-electron chi connectivity index (χ1n) is 6.43. The zero-order chi connectivity index (χ0) is 12.5. The number of rotatable bonds is 2. The molecule has 18 heavy (non-hydrogen) atoms. The molecule has 2 atom stereocenters. The van der Waals surface area contributed by atoms with Crippen molar-refractivity contribution in [2.45, 2.75) is 37.6 Å². The third kappa shape index (κ3) is 1.98. The van der Waals surface area contributed by atoms with E-state index >= 15 is 0 Å². The summed E-state index contributed by atoms with van der Waals surface area (Å²) in [5.74, 6) is 0.187. The quantitative estimate of drug-likeness (QED) is 0.778. The fourth-order valence-electron chi connectivity index (χ4n) is 3.01. The number of hydrogen-bond donors (Lipinski definition) is 2. The maximum atomic E-state index is 11.6. The van der Waals surface area contributed by atoms with Crippen molar-refractivity contribution >= 4 is 11.9 Å². The molecule has 0 radical (unpaired) electrons. The third-order valence-corrected chi connectivity index (χ3v) is 3.87. The highest BCUT2D eigenvalue weighted by atomic mass is 16.2. The van der Waals surface area contributed by atoms with Crippen molar-refractivity contribution in [3.05, 3.63) is 35.4 Å². The van der Waals surface area contributed by atoms with Crippen molar-refractivity contribution in [1.82, 2.24) is 10.6 Å². The average molecular weight is 244 g/mol. The second-order valence-electron chi connectivity index (χ2n) is 5.04. The number of nitrogens with one attached hydrogen (secondary N) is 2. The van der Waals surface area contributed by atoms with Gasteiger partial charge in [0.25, 0.3) is 5.91 Å². The highest BCUT2D eigenvalue weighted by Crippen LogP contribution is 2.34. The maximum Gasteiger partial charge on any atom is 0.322 e. The zero-order valence-electron chi connectivity index (χ0n) is 10.1. The van der Waals surface area contributed by atoms with E-state index in [9.17, 15) is 9.59 Å². The monoisotopic (exact) mass is 244 g/mol. The van der Waals surface area contributed by atoms with E-state index in [1.807, 2.05) is 6.07 Å². The summed E-state index contributed by atoms with van der Waals surface area (Å²) in [6.07, 6.45) is 4.07. The fourth-order valence-corrected chi connectivity index (χ4v) is 3.01. The number of amides is 3. The van der Waals surface area contributed by atoms with Crippen molar-refractivity contribution < 1.29 is 9.59 Å². The lowest BCUT2D eigenvalue weighted by Crippen LogP contribution is -2.31. The van der Waals surface area contributed by atoms with E-state index in [-0.39, 0.29) is 18.0 Å². The standard InChI is InChI=1S/C14H16N2O2/c17-13-12(15-14(18)16-13)8-10-6-3-5-9-4-1-2-7-11(9)10/h1-2,4,7,10,12H,3,5-6,8H2,(H2,15,16,17,18). The molecule has 0 saturated carbocycles. The average Bonchev–Trinajstić information content (AvgIpc) is 2.68.